The lowest BCUT2D eigenvalue weighted by Gasteiger charge is -2.43. The van der Waals surface area contributed by atoms with Gasteiger partial charge < -0.3 is 15.0 Å². The lowest BCUT2D eigenvalue weighted by atomic mass is 9.97. The Kier molecular flexibility index (Phi) is 2.73. The molecule has 0 saturated heterocycles. The molecular weight excluding hydrogens is 216 g/mol. The van der Waals surface area contributed by atoms with Gasteiger partial charge in [0.2, 0.25) is 5.91 Å². The van der Waals surface area contributed by atoms with Crippen LogP contribution in [0.25, 0.3) is 0 Å². The summed E-state index contributed by atoms with van der Waals surface area (Å²) in [5, 5.41) is 3.34. The van der Waals surface area contributed by atoms with Crippen molar-refractivity contribution in [2.75, 3.05) is 23.9 Å². The Balaban J connectivity index is 2.50. The second-order valence-corrected chi connectivity index (χ2v) is 4.90. The first-order valence-electron chi connectivity index (χ1n) is 5.68. The fourth-order valence-corrected chi connectivity index (χ4v) is 2.29. The van der Waals surface area contributed by atoms with Crippen molar-refractivity contribution in [1.82, 2.24) is 0 Å². The van der Waals surface area contributed by atoms with Crippen LogP contribution in [0.2, 0.25) is 0 Å². The average molecular weight is 234 g/mol. The number of amides is 1. The molecule has 1 aliphatic rings. The molecule has 0 radical (unpaired) electrons. The van der Waals surface area contributed by atoms with E-state index < -0.39 is 0 Å². The summed E-state index contributed by atoms with van der Waals surface area (Å²) in [6.07, 6.45) is 0. The highest BCUT2D eigenvalue weighted by molar-refractivity contribution is 5.98. The highest BCUT2D eigenvalue weighted by Gasteiger charge is 2.35. The van der Waals surface area contributed by atoms with Gasteiger partial charge in [-0.05, 0) is 26.0 Å². The highest BCUT2D eigenvalue weighted by Crippen LogP contribution is 2.38. The molecule has 17 heavy (non-hydrogen) atoms. The van der Waals surface area contributed by atoms with Gasteiger partial charge in [0, 0.05) is 19.5 Å². The first-order chi connectivity index (χ1) is 7.95. The van der Waals surface area contributed by atoms with Crippen LogP contribution in [-0.4, -0.2) is 25.1 Å². The Hall–Kier alpha value is -1.71. The molecule has 1 N–H and O–H groups in total. The number of ether oxygens (including phenoxy) is 1. The van der Waals surface area contributed by atoms with Crippen LogP contribution in [0.1, 0.15) is 20.8 Å². The fourth-order valence-electron chi connectivity index (χ4n) is 2.29. The molecule has 0 bridgehead atoms. The number of hydrogen-bond donors (Lipinski definition) is 1. The number of carbonyl (C=O) groups excluding carboxylic acids is 1. The third kappa shape index (κ3) is 1.95. The molecule has 92 valence electrons. The smallest absolute Gasteiger partial charge is 0.224 e. The van der Waals surface area contributed by atoms with E-state index in [1.165, 1.54) is 0 Å². The van der Waals surface area contributed by atoms with Crippen molar-refractivity contribution in [1.29, 1.82) is 0 Å². The predicted octanol–water partition coefficient (Wildman–Crippen LogP) is 2.25. The Labute approximate surface area is 102 Å². The fraction of sp³-hybridized carbons (Fsp3) is 0.462. The normalized spacial score (nSPS) is 17.1. The summed E-state index contributed by atoms with van der Waals surface area (Å²) in [7, 11) is 1.64. The number of fused-ring (bicyclic) bond motifs is 1. The standard InChI is InChI=1S/C13H18N2O2/c1-9(16)15-12-6-5-10(17-4)7-11(12)14-8-13(15,2)3/h5-7,14H,8H2,1-4H3. The minimum absolute atomic E-state index is 0.0583. The monoisotopic (exact) mass is 234 g/mol. The van der Waals surface area contributed by atoms with E-state index in [4.69, 9.17) is 4.74 Å². The van der Waals surface area contributed by atoms with Gasteiger partial charge in [-0.2, -0.15) is 0 Å². The molecule has 1 heterocycles. The van der Waals surface area contributed by atoms with Gasteiger partial charge in [0.1, 0.15) is 5.75 Å². The Morgan fingerprint density at radius 2 is 2.18 bits per heavy atom. The number of hydrogen-bond acceptors (Lipinski definition) is 3. The van der Waals surface area contributed by atoms with E-state index in [2.05, 4.69) is 19.2 Å². The average Bonchev–Trinajstić information content (AvgIpc) is 2.26. The third-order valence-electron chi connectivity index (χ3n) is 3.08. The molecule has 1 amide bonds. The van der Waals surface area contributed by atoms with Crippen molar-refractivity contribution >= 4 is 17.3 Å². The van der Waals surface area contributed by atoms with Crippen LogP contribution in [0.3, 0.4) is 0 Å². The predicted molar refractivity (Wildman–Crippen MR) is 68.7 cm³/mol. The number of methoxy groups -OCH3 is 1. The molecule has 1 aliphatic heterocycles. The van der Waals surface area contributed by atoms with Crippen LogP contribution >= 0.6 is 0 Å². The van der Waals surface area contributed by atoms with Crippen molar-refractivity contribution in [3.05, 3.63) is 18.2 Å². The molecule has 0 fully saturated rings. The molecule has 0 atom stereocenters. The second kappa shape index (κ2) is 3.95. The third-order valence-corrected chi connectivity index (χ3v) is 3.08. The second-order valence-electron chi connectivity index (χ2n) is 4.90. The van der Waals surface area contributed by atoms with Gasteiger partial charge in [-0.15, -0.1) is 0 Å². The van der Waals surface area contributed by atoms with Gasteiger partial charge >= 0.3 is 0 Å². The molecular formula is C13H18N2O2. The maximum Gasteiger partial charge on any atom is 0.224 e. The number of benzene rings is 1. The minimum Gasteiger partial charge on any atom is -0.497 e. The van der Waals surface area contributed by atoms with Crippen molar-refractivity contribution in [3.8, 4) is 5.75 Å². The number of nitrogens with zero attached hydrogens (tertiary/aromatic N) is 1. The minimum atomic E-state index is -0.215. The van der Waals surface area contributed by atoms with Crippen molar-refractivity contribution in [2.45, 2.75) is 26.3 Å². The summed E-state index contributed by atoms with van der Waals surface area (Å²) in [6, 6.07) is 5.71. The van der Waals surface area contributed by atoms with Gasteiger partial charge in [-0.25, -0.2) is 0 Å². The molecule has 0 spiro atoms. The maximum atomic E-state index is 11.8. The molecule has 0 unspecified atom stereocenters. The summed E-state index contributed by atoms with van der Waals surface area (Å²) in [5.74, 6) is 0.849. The molecule has 0 aliphatic carbocycles. The molecule has 1 aromatic carbocycles. The van der Waals surface area contributed by atoms with Crippen LogP contribution in [0, 0.1) is 0 Å². The van der Waals surface area contributed by atoms with Crippen LogP contribution in [-0.2, 0) is 4.79 Å². The number of carbonyl (C=O) groups is 1. The van der Waals surface area contributed by atoms with Gasteiger partial charge in [0.25, 0.3) is 0 Å². The van der Waals surface area contributed by atoms with E-state index in [-0.39, 0.29) is 11.4 Å². The lowest BCUT2D eigenvalue weighted by molar-refractivity contribution is -0.117. The molecule has 4 nitrogen and oxygen atoms in total. The first-order valence-corrected chi connectivity index (χ1v) is 5.68. The SMILES string of the molecule is COc1ccc2c(c1)NCC(C)(C)N2C(C)=O. The van der Waals surface area contributed by atoms with Crippen molar-refractivity contribution in [3.63, 3.8) is 0 Å². The van der Waals surface area contributed by atoms with Gasteiger partial charge in [0.05, 0.1) is 24.0 Å². The summed E-state index contributed by atoms with van der Waals surface area (Å²) in [6.45, 7) is 6.43. The zero-order chi connectivity index (χ0) is 12.6. The van der Waals surface area contributed by atoms with Crippen LogP contribution in [0.15, 0.2) is 18.2 Å². The van der Waals surface area contributed by atoms with E-state index in [1.807, 2.05) is 23.1 Å². The van der Waals surface area contributed by atoms with E-state index in [9.17, 15) is 4.79 Å². The molecule has 0 saturated carbocycles. The van der Waals surface area contributed by atoms with Gasteiger partial charge in [-0.1, -0.05) is 0 Å². The first kappa shape index (κ1) is 11.8. The quantitative estimate of drug-likeness (QED) is 0.810. The van der Waals surface area contributed by atoms with E-state index in [1.54, 1.807) is 14.0 Å². The zero-order valence-corrected chi connectivity index (χ0v) is 10.7. The Morgan fingerprint density at radius 1 is 1.47 bits per heavy atom. The summed E-state index contributed by atoms with van der Waals surface area (Å²) in [4.78, 5) is 13.6. The van der Waals surface area contributed by atoms with Gasteiger partial charge in [0.15, 0.2) is 0 Å². The summed E-state index contributed by atoms with van der Waals surface area (Å²) < 4.78 is 5.18. The number of rotatable bonds is 1. The van der Waals surface area contributed by atoms with Crippen LogP contribution in [0.4, 0.5) is 11.4 Å². The topological polar surface area (TPSA) is 41.6 Å². The Bertz CT molecular complexity index is 455. The zero-order valence-electron chi connectivity index (χ0n) is 10.7. The molecule has 1 aromatic rings. The maximum absolute atomic E-state index is 11.8. The van der Waals surface area contributed by atoms with Crippen LogP contribution in [0.5, 0.6) is 5.75 Å². The number of nitrogens with one attached hydrogen (secondary N) is 1. The van der Waals surface area contributed by atoms with Gasteiger partial charge in [-0.3, -0.25) is 4.79 Å². The van der Waals surface area contributed by atoms with E-state index in [0.717, 1.165) is 23.7 Å². The summed E-state index contributed by atoms with van der Waals surface area (Å²) in [5.41, 5.74) is 1.64. The Morgan fingerprint density at radius 3 is 2.76 bits per heavy atom. The molecule has 0 aromatic heterocycles. The van der Waals surface area contributed by atoms with Crippen molar-refractivity contribution < 1.29 is 9.53 Å². The largest absolute Gasteiger partial charge is 0.497 e. The highest BCUT2D eigenvalue weighted by atomic mass is 16.5. The molecule has 2 rings (SSSR count). The van der Waals surface area contributed by atoms with E-state index in [0.29, 0.717) is 0 Å². The molecule has 4 heteroatoms. The van der Waals surface area contributed by atoms with Crippen LogP contribution < -0.4 is 15.0 Å². The lowest BCUT2D eigenvalue weighted by Crippen LogP contribution is -2.54. The summed E-state index contributed by atoms with van der Waals surface area (Å²) >= 11 is 0. The van der Waals surface area contributed by atoms with E-state index >= 15 is 0 Å². The van der Waals surface area contributed by atoms with Crippen molar-refractivity contribution in [2.24, 2.45) is 0 Å². The number of anilines is 2.